The quantitative estimate of drug-likeness (QED) is 0.459. The third-order valence-electron chi connectivity index (χ3n) is 1.45. The van der Waals surface area contributed by atoms with Crippen LogP contribution in [-0.4, -0.2) is 29.0 Å². The lowest BCUT2D eigenvalue weighted by Crippen LogP contribution is -2.15. The second kappa shape index (κ2) is 8.24. The van der Waals surface area contributed by atoms with Gasteiger partial charge in [-0.15, -0.1) is 0 Å². The Morgan fingerprint density at radius 1 is 1.45 bits per heavy atom. The van der Waals surface area contributed by atoms with E-state index in [1.54, 1.807) is 0 Å². The topological polar surface area (TPSA) is 21.3 Å². The first-order valence-electron chi connectivity index (χ1n) is 4.59. The van der Waals surface area contributed by atoms with Gasteiger partial charge in [0.2, 0.25) is 0 Å². The maximum absolute atomic E-state index is 5.53. The van der Waals surface area contributed by atoms with Gasteiger partial charge < -0.3 is 9.74 Å². The summed E-state index contributed by atoms with van der Waals surface area (Å²) in [5, 5.41) is 3.30. The Balaban J connectivity index is 2.80. The molecule has 0 saturated carbocycles. The Bertz CT molecular complexity index is 78.5. The van der Waals surface area contributed by atoms with Crippen molar-refractivity contribution in [2.45, 2.75) is 39.3 Å². The molecule has 11 heavy (non-hydrogen) atoms. The van der Waals surface area contributed by atoms with Crippen molar-refractivity contribution in [2.75, 3.05) is 13.1 Å². The van der Waals surface area contributed by atoms with Crippen LogP contribution in [0.25, 0.3) is 0 Å². The molecule has 0 heterocycles. The van der Waals surface area contributed by atoms with Crippen molar-refractivity contribution in [1.82, 2.24) is 5.32 Å². The van der Waals surface area contributed by atoms with Gasteiger partial charge in [-0.25, -0.2) is 0 Å². The van der Waals surface area contributed by atoms with Crippen LogP contribution in [0.4, 0.5) is 0 Å². The van der Waals surface area contributed by atoms with Crippen molar-refractivity contribution >= 4 is 9.76 Å². The zero-order valence-corrected chi connectivity index (χ0v) is 9.44. The standard InChI is InChI=1S/C8H21NOSi/c1-4-9-6-5-7-11-10-8(2)3/h8-9H,4-7,11H2,1-3H3. The third-order valence-corrected chi connectivity index (χ3v) is 3.14. The molecule has 0 aromatic rings. The van der Waals surface area contributed by atoms with E-state index in [1.807, 2.05) is 0 Å². The molecular formula is C8H21NOSi. The molecule has 0 radical (unpaired) electrons. The fourth-order valence-corrected chi connectivity index (χ4v) is 1.94. The summed E-state index contributed by atoms with van der Waals surface area (Å²) in [4.78, 5) is 0. The van der Waals surface area contributed by atoms with E-state index in [-0.39, 0.29) is 9.76 Å². The van der Waals surface area contributed by atoms with E-state index in [2.05, 4.69) is 26.1 Å². The molecule has 0 aliphatic carbocycles. The van der Waals surface area contributed by atoms with Gasteiger partial charge in [0.15, 0.2) is 9.76 Å². The SMILES string of the molecule is CCNCCC[SiH2]OC(C)C. The lowest BCUT2D eigenvalue weighted by atomic mass is 10.5. The molecule has 0 aliphatic heterocycles. The Kier molecular flexibility index (Phi) is 8.34. The first-order valence-corrected chi connectivity index (χ1v) is 6.17. The summed E-state index contributed by atoms with van der Waals surface area (Å²) in [6.45, 7) is 8.61. The van der Waals surface area contributed by atoms with E-state index >= 15 is 0 Å². The Morgan fingerprint density at radius 2 is 2.18 bits per heavy atom. The molecule has 0 aliphatic rings. The van der Waals surface area contributed by atoms with E-state index in [0.717, 1.165) is 13.1 Å². The summed E-state index contributed by atoms with van der Waals surface area (Å²) >= 11 is 0. The molecule has 3 heteroatoms. The largest absolute Gasteiger partial charge is 0.422 e. The van der Waals surface area contributed by atoms with Crippen LogP contribution < -0.4 is 5.32 Å². The van der Waals surface area contributed by atoms with E-state index in [4.69, 9.17) is 4.43 Å². The van der Waals surface area contributed by atoms with Gasteiger partial charge in [0.1, 0.15) is 0 Å². The molecule has 0 unspecified atom stereocenters. The predicted octanol–water partition coefficient (Wildman–Crippen LogP) is 0.913. The zero-order valence-electron chi connectivity index (χ0n) is 8.02. The number of hydrogen-bond donors (Lipinski definition) is 1. The lowest BCUT2D eigenvalue weighted by Gasteiger charge is -2.06. The Labute approximate surface area is 72.7 Å². The van der Waals surface area contributed by atoms with Crippen molar-refractivity contribution in [2.24, 2.45) is 0 Å². The average molecular weight is 175 g/mol. The van der Waals surface area contributed by atoms with Gasteiger partial charge in [0.25, 0.3) is 0 Å². The van der Waals surface area contributed by atoms with Gasteiger partial charge >= 0.3 is 0 Å². The highest BCUT2D eigenvalue weighted by Gasteiger charge is 1.92. The number of nitrogens with one attached hydrogen (secondary N) is 1. The van der Waals surface area contributed by atoms with Crippen LogP contribution in [0.15, 0.2) is 0 Å². The maximum atomic E-state index is 5.53. The molecule has 68 valence electrons. The van der Waals surface area contributed by atoms with Gasteiger partial charge in [-0.2, -0.15) is 0 Å². The molecule has 0 fully saturated rings. The number of hydrogen-bond acceptors (Lipinski definition) is 2. The molecule has 0 bridgehead atoms. The maximum Gasteiger partial charge on any atom is 0.161 e. The monoisotopic (exact) mass is 175 g/mol. The van der Waals surface area contributed by atoms with Gasteiger partial charge in [-0.3, -0.25) is 0 Å². The van der Waals surface area contributed by atoms with Crippen LogP contribution in [0, 0.1) is 0 Å². The lowest BCUT2D eigenvalue weighted by molar-refractivity contribution is 0.255. The van der Waals surface area contributed by atoms with E-state index in [0.29, 0.717) is 6.10 Å². The van der Waals surface area contributed by atoms with Gasteiger partial charge in [0, 0.05) is 6.10 Å². The van der Waals surface area contributed by atoms with Crippen LogP contribution in [0.1, 0.15) is 27.2 Å². The highest BCUT2D eigenvalue weighted by molar-refractivity contribution is 6.27. The summed E-state index contributed by atoms with van der Waals surface area (Å²) in [6.07, 6.45) is 1.73. The van der Waals surface area contributed by atoms with E-state index < -0.39 is 0 Å². The summed E-state index contributed by atoms with van der Waals surface area (Å²) in [5.41, 5.74) is 0. The second-order valence-electron chi connectivity index (χ2n) is 2.98. The molecule has 0 rings (SSSR count). The molecule has 0 atom stereocenters. The van der Waals surface area contributed by atoms with Crippen molar-refractivity contribution < 1.29 is 4.43 Å². The zero-order chi connectivity index (χ0) is 8.53. The fourth-order valence-electron chi connectivity index (χ4n) is 0.848. The minimum absolute atomic E-state index is 0.204. The molecular weight excluding hydrogens is 154 g/mol. The molecule has 2 nitrogen and oxygen atoms in total. The van der Waals surface area contributed by atoms with Crippen molar-refractivity contribution in [3.63, 3.8) is 0 Å². The Hall–Kier alpha value is 0.137. The first kappa shape index (κ1) is 11.1. The van der Waals surface area contributed by atoms with Crippen LogP contribution in [-0.2, 0) is 4.43 Å². The van der Waals surface area contributed by atoms with Crippen molar-refractivity contribution in [1.29, 1.82) is 0 Å². The first-order chi connectivity index (χ1) is 5.27. The van der Waals surface area contributed by atoms with Crippen LogP contribution >= 0.6 is 0 Å². The summed E-state index contributed by atoms with van der Waals surface area (Å²) in [6, 6.07) is 1.31. The highest BCUT2D eigenvalue weighted by Crippen LogP contribution is 1.91. The van der Waals surface area contributed by atoms with Crippen molar-refractivity contribution in [3.8, 4) is 0 Å². The third kappa shape index (κ3) is 10.1. The minimum atomic E-state index is -0.204. The molecule has 0 saturated heterocycles. The number of rotatable bonds is 7. The molecule has 1 N–H and O–H groups in total. The summed E-state index contributed by atoms with van der Waals surface area (Å²) in [5.74, 6) is 0. The molecule has 0 aromatic carbocycles. The van der Waals surface area contributed by atoms with E-state index in [9.17, 15) is 0 Å². The van der Waals surface area contributed by atoms with Gasteiger partial charge in [0.05, 0.1) is 0 Å². The minimum Gasteiger partial charge on any atom is -0.422 e. The molecule has 0 amide bonds. The highest BCUT2D eigenvalue weighted by atomic mass is 28.2. The van der Waals surface area contributed by atoms with Crippen LogP contribution in [0.2, 0.25) is 6.04 Å². The van der Waals surface area contributed by atoms with Crippen molar-refractivity contribution in [3.05, 3.63) is 0 Å². The Morgan fingerprint density at radius 3 is 2.73 bits per heavy atom. The van der Waals surface area contributed by atoms with Gasteiger partial charge in [-0.1, -0.05) is 6.92 Å². The molecule has 0 spiro atoms. The predicted molar refractivity (Wildman–Crippen MR) is 52.7 cm³/mol. The molecule has 0 aromatic heterocycles. The summed E-state index contributed by atoms with van der Waals surface area (Å²) < 4.78 is 5.53. The van der Waals surface area contributed by atoms with Crippen LogP contribution in [0.3, 0.4) is 0 Å². The average Bonchev–Trinajstić information content (AvgIpc) is 1.96. The van der Waals surface area contributed by atoms with Crippen LogP contribution in [0.5, 0.6) is 0 Å². The summed E-state index contributed by atoms with van der Waals surface area (Å²) in [7, 11) is -0.204. The normalized spacial score (nSPS) is 12.0. The second-order valence-corrected chi connectivity index (χ2v) is 4.43. The fraction of sp³-hybridized carbons (Fsp3) is 1.00. The van der Waals surface area contributed by atoms with Gasteiger partial charge in [-0.05, 0) is 39.4 Å². The van der Waals surface area contributed by atoms with E-state index in [1.165, 1.54) is 12.5 Å². The smallest absolute Gasteiger partial charge is 0.161 e.